The molecule has 1 nitrogen and oxygen atoms in total. The van der Waals surface area contributed by atoms with Crippen molar-refractivity contribution in [2.75, 3.05) is 0 Å². The van der Waals surface area contributed by atoms with Gasteiger partial charge in [-0.1, -0.05) is 108 Å². The summed E-state index contributed by atoms with van der Waals surface area (Å²) in [6, 6.07) is 19.2. The third kappa shape index (κ3) is 3.50. The van der Waals surface area contributed by atoms with Gasteiger partial charge in [0.15, 0.2) is 0 Å². The Hall–Kier alpha value is -2.06. The van der Waals surface area contributed by atoms with Crippen molar-refractivity contribution < 1.29 is 0 Å². The first-order chi connectivity index (χ1) is 14.5. The van der Waals surface area contributed by atoms with Gasteiger partial charge in [0.1, 0.15) is 0 Å². The van der Waals surface area contributed by atoms with Gasteiger partial charge >= 0.3 is 0 Å². The number of hydrogen-bond donors (Lipinski definition) is 0. The second kappa shape index (κ2) is 8.59. The molecular formula is C28H36BN. The Morgan fingerprint density at radius 3 is 2.00 bits per heavy atom. The largest absolute Gasteiger partial charge is 0.333 e. The average Bonchev–Trinajstić information content (AvgIpc) is 3.30. The monoisotopic (exact) mass is 397 g/mol. The van der Waals surface area contributed by atoms with Crippen LogP contribution in [0.1, 0.15) is 88.4 Å². The van der Waals surface area contributed by atoms with E-state index in [1.54, 1.807) is 0 Å². The lowest BCUT2D eigenvalue weighted by atomic mass is 9.42. The van der Waals surface area contributed by atoms with E-state index >= 15 is 0 Å². The summed E-state index contributed by atoms with van der Waals surface area (Å²) >= 11 is 0. The zero-order valence-corrected chi connectivity index (χ0v) is 19.5. The van der Waals surface area contributed by atoms with Crippen LogP contribution >= 0.6 is 0 Å². The fourth-order valence-electron chi connectivity index (χ4n) is 5.90. The lowest BCUT2D eigenvalue weighted by molar-refractivity contribution is 0.304. The maximum Gasteiger partial charge on any atom is 0.270 e. The summed E-state index contributed by atoms with van der Waals surface area (Å²) in [5.74, 6) is 0.932. The van der Waals surface area contributed by atoms with Crippen molar-refractivity contribution in [3.8, 4) is 0 Å². The minimum atomic E-state index is 0.355. The van der Waals surface area contributed by atoms with Crippen molar-refractivity contribution in [3.63, 3.8) is 0 Å². The average molecular weight is 397 g/mol. The predicted molar refractivity (Wildman–Crippen MR) is 133 cm³/mol. The van der Waals surface area contributed by atoms with E-state index in [1.807, 2.05) is 0 Å². The van der Waals surface area contributed by atoms with E-state index < -0.39 is 0 Å². The van der Waals surface area contributed by atoms with E-state index in [9.17, 15) is 0 Å². The Kier molecular flexibility index (Phi) is 6.07. The second-order valence-corrected chi connectivity index (χ2v) is 9.46. The van der Waals surface area contributed by atoms with Gasteiger partial charge in [-0.15, -0.1) is 0 Å². The van der Waals surface area contributed by atoms with Gasteiger partial charge in [-0.3, -0.25) is 0 Å². The van der Waals surface area contributed by atoms with Gasteiger partial charge in [0.05, 0.1) is 0 Å². The summed E-state index contributed by atoms with van der Waals surface area (Å²) in [4.78, 5) is 2.75. The van der Waals surface area contributed by atoms with Gasteiger partial charge in [-0.2, -0.15) is 0 Å². The number of rotatable bonds is 7. The smallest absolute Gasteiger partial charge is 0.270 e. The highest BCUT2D eigenvalue weighted by Gasteiger charge is 2.43. The van der Waals surface area contributed by atoms with Gasteiger partial charge in [-0.25, -0.2) is 0 Å². The van der Waals surface area contributed by atoms with Crippen LogP contribution in [0.2, 0.25) is 0 Å². The van der Waals surface area contributed by atoms with Crippen LogP contribution in [0.5, 0.6) is 0 Å². The first-order valence-electron chi connectivity index (χ1n) is 11.9. The Morgan fingerprint density at radius 1 is 0.800 bits per heavy atom. The minimum absolute atomic E-state index is 0.355. The van der Waals surface area contributed by atoms with Crippen LogP contribution in [0.25, 0.3) is 11.0 Å². The lowest BCUT2D eigenvalue weighted by Gasteiger charge is -2.40. The molecule has 0 amide bonds. The van der Waals surface area contributed by atoms with Crippen molar-refractivity contribution >= 4 is 17.9 Å². The standard InChI is InChI=1S/C28H36BN/c1-7-21-17-27(25-15-11-9-13-23(21)25)29(30(19(3)4)20(5)6)28-18-22(8-2)24-14-10-12-16-26(24)28/h9-21,28H,7-8H2,1-6H3. The number of allylic oxidation sites excluding steroid dienone is 3. The molecule has 2 atom stereocenters. The Labute approximate surface area is 184 Å². The molecule has 30 heavy (non-hydrogen) atoms. The third-order valence-electron chi connectivity index (χ3n) is 7.09. The van der Waals surface area contributed by atoms with Crippen LogP contribution < -0.4 is 0 Å². The van der Waals surface area contributed by atoms with Crippen molar-refractivity contribution in [2.24, 2.45) is 0 Å². The molecule has 0 heterocycles. The van der Waals surface area contributed by atoms with E-state index in [0.29, 0.717) is 30.7 Å². The fourth-order valence-corrected chi connectivity index (χ4v) is 5.90. The normalized spacial score (nSPS) is 19.9. The Morgan fingerprint density at radius 2 is 1.40 bits per heavy atom. The molecule has 0 N–H and O–H groups in total. The molecule has 2 aliphatic carbocycles. The molecule has 0 saturated carbocycles. The molecule has 156 valence electrons. The van der Waals surface area contributed by atoms with Crippen LogP contribution in [-0.4, -0.2) is 23.7 Å². The second-order valence-electron chi connectivity index (χ2n) is 9.46. The number of benzene rings is 2. The first kappa shape index (κ1) is 21.2. The first-order valence-corrected chi connectivity index (χ1v) is 11.9. The van der Waals surface area contributed by atoms with Crippen LogP contribution in [0, 0.1) is 0 Å². The highest BCUT2D eigenvalue weighted by Crippen LogP contribution is 2.47. The predicted octanol–water partition coefficient (Wildman–Crippen LogP) is 7.36. The maximum absolute atomic E-state index is 2.75. The molecule has 0 spiro atoms. The van der Waals surface area contributed by atoms with E-state index in [-0.39, 0.29) is 0 Å². The molecule has 2 aromatic rings. The lowest BCUT2D eigenvalue weighted by Crippen LogP contribution is -2.51. The molecule has 0 aliphatic heterocycles. The summed E-state index contributed by atoms with van der Waals surface area (Å²) in [6.07, 6.45) is 7.42. The molecule has 2 unspecified atom stereocenters. The van der Waals surface area contributed by atoms with Gasteiger partial charge in [-0.05, 0) is 52.8 Å². The molecule has 0 bridgehead atoms. The number of fused-ring (bicyclic) bond motifs is 2. The molecule has 2 heteroatoms. The molecule has 0 aromatic heterocycles. The molecule has 0 saturated heterocycles. The topological polar surface area (TPSA) is 3.24 Å². The van der Waals surface area contributed by atoms with Crippen LogP contribution in [-0.2, 0) is 0 Å². The van der Waals surface area contributed by atoms with Crippen molar-refractivity contribution in [1.82, 2.24) is 4.81 Å². The van der Waals surface area contributed by atoms with Crippen molar-refractivity contribution in [1.29, 1.82) is 0 Å². The van der Waals surface area contributed by atoms with Crippen LogP contribution in [0.4, 0.5) is 0 Å². The molecule has 0 radical (unpaired) electrons. The molecule has 0 fully saturated rings. The zero-order chi connectivity index (χ0) is 21.4. The van der Waals surface area contributed by atoms with E-state index in [1.165, 1.54) is 33.3 Å². The summed E-state index contributed by atoms with van der Waals surface area (Å²) in [6.45, 7) is 14.4. The van der Waals surface area contributed by atoms with Gasteiger partial charge < -0.3 is 4.81 Å². The van der Waals surface area contributed by atoms with Gasteiger partial charge in [0, 0.05) is 11.7 Å². The van der Waals surface area contributed by atoms with E-state index in [2.05, 4.69) is 107 Å². The SMILES string of the molecule is CCC1=CC(B(C2=CC(CC)c3ccccc32)N(C(C)C)C(C)C)c2ccccc21. The molecular weight excluding hydrogens is 361 g/mol. The van der Waals surface area contributed by atoms with Crippen LogP contribution in [0.15, 0.2) is 60.7 Å². The summed E-state index contributed by atoms with van der Waals surface area (Å²) in [5, 5.41) is 0. The molecule has 2 aromatic carbocycles. The summed E-state index contributed by atoms with van der Waals surface area (Å²) in [5.41, 5.74) is 8.99. The number of nitrogens with zero attached hydrogens (tertiary/aromatic N) is 1. The fraction of sp³-hybridized carbons (Fsp3) is 0.429. The maximum atomic E-state index is 2.75. The number of hydrogen-bond acceptors (Lipinski definition) is 1. The third-order valence-corrected chi connectivity index (χ3v) is 7.09. The minimum Gasteiger partial charge on any atom is -0.333 e. The van der Waals surface area contributed by atoms with Gasteiger partial charge in [0.2, 0.25) is 0 Å². The quantitative estimate of drug-likeness (QED) is 0.441. The van der Waals surface area contributed by atoms with Crippen molar-refractivity contribution in [3.05, 3.63) is 82.9 Å². The highest BCUT2D eigenvalue weighted by molar-refractivity contribution is 6.79. The molecule has 2 aliphatic rings. The zero-order valence-electron chi connectivity index (χ0n) is 19.5. The highest BCUT2D eigenvalue weighted by atomic mass is 15.1. The Balaban J connectivity index is 1.91. The van der Waals surface area contributed by atoms with E-state index in [0.717, 1.165) is 12.8 Å². The van der Waals surface area contributed by atoms with E-state index in [4.69, 9.17) is 0 Å². The van der Waals surface area contributed by atoms with Gasteiger partial charge in [0.25, 0.3) is 6.85 Å². The van der Waals surface area contributed by atoms with Crippen molar-refractivity contribution in [2.45, 2.75) is 78.2 Å². The Bertz CT molecular complexity index is 960. The summed E-state index contributed by atoms with van der Waals surface area (Å²) < 4.78 is 0. The van der Waals surface area contributed by atoms with Crippen LogP contribution in [0.3, 0.4) is 0 Å². The summed E-state index contributed by atoms with van der Waals surface area (Å²) in [7, 11) is 0. The molecule has 4 rings (SSSR count).